The molecule has 0 fully saturated rings. The van der Waals surface area contributed by atoms with E-state index in [4.69, 9.17) is 14.9 Å². The van der Waals surface area contributed by atoms with Crippen LogP contribution in [0.4, 0.5) is 0 Å². The van der Waals surface area contributed by atoms with E-state index in [1.165, 1.54) is 43.0 Å². The van der Waals surface area contributed by atoms with Gasteiger partial charge in [0.05, 0.1) is 22.2 Å². The normalized spacial score (nSPS) is 12.2. The number of para-hydroxylation sites is 2. The van der Waals surface area contributed by atoms with Crippen LogP contribution >= 0.6 is 15.8 Å². The second-order valence-corrected chi connectivity index (χ2v) is 23.6. The van der Waals surface area contributed by atoms with E-state index >= 15 is 0 Å². The summed E-state index contributed by atoms with van der Waals surface area (Å²) >= 11 is 0. The first-order chi connectivity index (χ1) is 36.1. The van der Waals surface area contributed by atoms with Crippen molar-refractivity contribution in [3.63, 3.8) is 0 Å². The Morgan fingerprint density at radius 2 is 0.747 bits per heavy atom. The molecule has 10 heteroatoms. The van der Waals surface area contributed by atoms with Crippen LogP contribution in [0.1, 0.15) is 45.7 Å². The predicted octanol–water partition coefficient (Wildman–Crippen LogP) is 12.6. The SMILES string of the molecule is CC1(C)c2cccc([PH+](c3ccccc3)c3ccccc3)c2Oc2c([PH+](c3ccccc3)c3ccccc3)cccc21.O=C(O)c1ccc(-c2cnc3c(ccc4cc(-c5ccc(C(=O)O)cc5)cnc43)c2)cc1.[Cu]. The number of carboxylic acids is 2. The van der Waals surface area contributed by atoms with E-state index < -0.39 is 27.8 Å². The summed E-state index contributed by atoms with van der Waals surface area (Å²) < 4.78 is 7.27. The number of nitrogens with zero attached hydrogens (tertiary/aromatic N) is 2. The number of pyridine rings is 2. The van der Waals surface area contributed by atoms with E-state index in [-0.39, 0.29) is 33.6 Å². The summed E-state index contributed by atoms with van der Waals surface area (Å²) in [6.45, 7) is 4.71. The minimum atomic E-state index is -1.32. The van der Waals surface area contributed by atoms with Crippen molar-refractivity contribution < 1.29 is 41.6 Å². The minimum Gasteiger partial charge on any atom is -0.478 e. The molecular formula is C65H50CuN2O5P2+2. The van der Waals surface area contributed by atoms with Crippen molar-refractivity contribution in [2.24, 2.45) is 0 Å². The molecule has 1 aliphatic rings. The van der Waals surface area contributed by atoms with Crippen LogP contribution in [0.3, 0.4) is 0 Å². The van der Waals surface area contributed by atoms with E-state index in [1.54, 1.807) is 60.9 Å². The molecule has 369 valence electrons. The molecule has 0 aliphatic carbocycles. The van der Waals surface area contributed by atoms with Crippen LogP contribution in [-0.4, -0.2) is 32.1 Å². The molecule has 0 saturated carbocycles. The summed E-state index contributed by atoms with van der Waals surface area (Å²) in [6, 6.07) is 78.9. The molecule has 3 heterocycles. The summed E-state index contributed by atoms with van der Waals surface area (Å²) in [5.74, 6) is 0.156. The number of aromatic carboxylic acids is 2. The number of carbonyl (C=O) groups is 2. The smallest absolute Gasteiger partial charge is 0.335 e. The Morgan fingerprint density at radius 1 is 0.413 bits per heavy atom. The number of hydrogen-bond donors (Lipinski definition) is 2. The predicted molar refractivity (Wildman–Crippen MR) is 307 cm³/mol. The molecule has 2 N–H and O–H groups in total. The fourth-order valence-electron chi connectivity index (χ4n) is 10.0. The molecule has 12 rings (SSSR count). The van der Waals surface area contributed by atoms with E-state index in [0.717, 1.165) is 55.6 Å². The number of hydrogen-bond acceptors (Lipinski definition) is 5. The molecule has 0 amide bonds. The molecule has 7 nitrogen and oxygen atoms in total. The van der Waals surface area contributed by atoms with Crippen LogP contribution in [0.25, 0.3) is 44.1 Å². The van der Waals surface area contributed by atoms with Crippen molar-refractivity contribution in [3.05, 3.63) is 265 Å². The number of aromatic nitrogens is 2. The summed E-state index contributed by atoms with van der Waals surface area (Å²) in [5, 5.41) is 28.1. The Kier molecular flexibility index (Phi) is 14.7. The van der Waals surface area contributed by atoms with Gasteiger partial charge in [0.2, 0.25) is 0 Å². The largest absolute Gasteiger partial charge is 0.478 e. The van der Waals surface area contributed by atoms with E-state index in [9.17, 15) is 9.59 Å². The van der Waals surface area contributed by atoms with E-state index in [1.807, 2.05) is 24.3 Å². The average Bonchev–Trinajstić information content (AvgIpc) is 3.45. The van der Waals surface area contributed by atoms with Gasteiger partial charge in [0.15, 0.2) is 11.5 Å². The molecule has 1 aliphatic heterocycles. The zero-order chi connectivity index (χ0) is 50.8. The van der Waals surface area contributed by atoms with Crippen LogP contribution in [0.5, 0.6) is 11.5 Å². The summed E-state index contributed by atoms with van der Waals surface area (Å²) in [6.07, 6.45) is 3.52. The van der Waals surface area contributed by atoms with E-state index in [0.29, 0.717) is 0 Å². The second kappa shape index (κ2) is 21.8. The van der Waals surface area contributed by atoms with Gasteiger partial charge in [-0.05, 0) is 108 Å². The third kappa shape index (κ3) is 10.1. The number of carboxylic acid groups (broad SMARTS) is 2. The summed E-state index contributed by atoms with van der Waals surface area (Å²) in [5.41, 5.74) is 7.90. The molecule has 9 aromatic carbocycles. The topological polar surface area (TPSA) is 110 Å². The Hall–Kier alpha value is -8.08. The molecule has 0 bridgehead atoms. The maximum atomic E-state index is 11.1. The zero-order valence-electron chi connectivity index (χ0n) is 40.9. The first-order valence-corrected chi connectivity index (χ1v) is 27.4. The average molecular weight is 1060 g/mol. The first-order valence-electron chi connectivity index (χ1n) is 24.4. The van der Waals surface area contributed by atoms with Crippen LogP contribution in [0, 0.1) is 0 Å². The Bertz CT molecular complexity index is 3520. The van der Waals surface area contributed by atoms with Crippen LogP contribution in [0.2, 0.25) is 0 Å². The summed E-state index contributed by atoms with van der Waals surface area (Å²) in [7, 11) is -2.64. The van der Waals surface area contributed by atoms with Gasteiger partial charge in [0.1, 0.15) is 47.7 Å². The van der Waals surface area contributed by atoms with Gasteiger partial charge in [-0.25, -0.2) is 9.59 Å². The minimum absolute atomic E-state index is 0. The quantitative estimate of drug-likeness (QED) is 0.0797. The fourth-order valence-corrected chi connectivity index (χ4v) is 15.4. The maximum absolute atomic E-state index is 11.1. The molecular weight excluding hydrogens is 1010 g/mol. The van der Waals surface area contributed by atoms with Gasteiger partial charge in [0, 0.05) is 67.9 Å². The number of benzene rings is 9. The second-order valence-electron chi connectivity index (χ2n) is 18.7. The van der Waals surface area contributed by atoms with Crippen molar-refractivity contribution in [2.45, 2.75) is 19.3 Å². The molecule has 2 aromatic heterocycles. The van der Waals surface area contributed by atoms with Crippen molar-refractivity contribution in [3.8, 4) is 33.8 Å². The molecule has 0 spiro atoms. The van der Waals surface area contributed by atoms with Gasteiger partial charge < -0.3 is 14.9 Å². The van der Waals surface area contributed by atoms with E-state index in [2.05, 4.69) is 182 Å². The third-order valence-corrected chi connectivity index (χ3v) is 19.3. The van der Waals surface area contributed by atoms with Crippen LogP contribution < -0.4 is 36.6 Å². The van der Waals surface area contributed by atoms with Crippen LogP contribution in [0.15, 0.2) is 243 Å². The maximum Gasteiger partial charge on any atom is 0.335 e. The number of rotatable bonds is 10. The third-order valence-electron chi connectivity index (χ3n) is 13.8. The fraction of sp³-hybridized carbons (Fsp3) is 0.0462. The van der Waals surface area contributed by atoms with Gasteiger partial charge in [-0.2, -0.15) is 0 Å². The van der Waals surface area contributed by atoms with Gasteiger partial charge in [-0.1, -0.05) is 147 Å². The Morgan fingerprint density at radius 3 is 1.07 bits per heavy atom. The van der Waals surface area contributed by atoms with Crippen molar-refractivity contribution in [2.75, 3.05) is 0 Å². The molecule has 11 aromatic rings. The molecule has 0 unspecified atom stereocenters. The summed E-state index contributed by atoms with van der Waals surface area (Å²) in [4.78, 5) is 31.4. The monoisotopic (exact) mass is 1060 g/mol. The Balaban J connectivity index is 0.000000175. The van der Waals surface area contributed by atoms with Gasteiger partial charge in [-0.15, -0.1) is 0 Å². The number of ether oxygens (including phenoxy) is 1. The number of fused-ring (bicyclic) bond motifs is 5. The standard InChI is InChI=1S/C39H32OP2.C26H16N2O4.Cu/c1-39(2)33-25-15-27-35(41(29-17-7-3-8-18-29)30-19-9-4-10-20-30)37(33)40-38-34(39)26-16-28-36(38)42(31-21-11-5-12-22-31)32-23-13-6-14-24-32;29-25(30)17-5-1-15(2-6-17)21-11-19-9-10-20-12-22(14-28-24(20)23(19)27-13-21)16-3-7-18(8-4-16)26(31)32;/h3-28H,1-2H3;1-14H,(H,29,30)(H,31,32);/p+2. The zero-order valence-corrected chi connectivity index (χ0v) is 43.9. The van der Waals surface area contributed by atoms with Crippen molar-refractivity contribution in [1.82, 2.24) is 9.97 Å². The molecule has 1 radical (unpaired) electrons. The van der Waals surface area contributed by atoms with Gasteiger partial charge in [-0.3, -0.25) is 9.97 Å². The van der Waals surface area contributed by atoms with Gasteiger partial charge >= 0.3 is 11.9 Å². The first kappa shape index (κ1) is 50.5. The van der Waals surface area contributed by atoms with Crippen LogP contribution in [-0.2, 0) is 22.5 Å². The molecule has 0 atom stereocenters. The molecule has 0 saturated heterocycles. The Labute approximate surface area is 448 Å². The van der Waals surface area contributed by atoms with Crippen molar-refractivity contribution in [1.29, 1.82) is 0 Å². The van der Waals surface area contributed by atoms with Gasteiger partial charge in [0.25, 0.3) is 0 Å². The van der Waals surface area contributed by atoms with Crippen molar-refractivity contribution >= 4 is 81.4 Å². The molecule has 75 heavy (non-hydrogen) atoms.